The van der Waals surface area contributed by atoms with E-state index in [0.717, 1.165) is 0 Å². The second-order valence-electron chi connectivity index (χ2n) is 5.91. The normalized spacial score (nSPS) is 10.4. The van der Waals surface area contributed by atoms with Crippen LogP contribution < -0.4 is 14.8 Å². The molecule has 0 aliphatic heterocycles. The molecule has 9 nitrogen and oxygen atoms in total. The average molecular weight is 418 g/mol. The maximum Gasteiger partial charge on any atom is 0.278 e. The highest BCUT2D eigenvalue weighted by Gasteiger charge is 2.22. The van der Waals surface area contributed by atoms with Crippen LogP contribution in [0.25, 0.3) is 0 Å². The Morgan fingerprint density at radius 2 is 2.10 bits per heavy atom. The number of benzene rings is 2. The number of carbonyl (C=O) groups excluding carboxylic acids is 1. The van der Waals surface area contributed by atoms with Gasteiger partial charge in [-0.1, -0.05) is 22.8 Å². The first kappa shape index (κ1) is 20.2. The number of nitrogens with zero attached hydrogens (tertiary/aromatic N) is 2. The second kappa shape index (κ2) is 8.61. The lowest BCUT2D eigenvalue weighted by Crippen LogP contribution is -2.16. The Labute approximate surface area is 170 Å². The van der Waals surface area contributed by atoms with Crippen LogP contribution in [0.3, 0.4) is 0 Å². The number of carbonyl (C=O) groups is 1. The molecule has 0 saturated heterocycles. The number of aromatic nitrogens is 1. The molecule has 0 aliphatic carbocycles. The maximum absolute atomic E-state index is 12.7. The van der Waals surface area contributed by atoms with Crippen molar-refractivity contribution < 1.29 is 23.7 Å². The number of hydrogen-bond acceptors (Lipinski definition) is 7. The van der Waals surface area contributed by atoms with E-state index in [9.17, 15) is 14.9 Å². The molecule has 0 aliphatic rings. The van der Waals surface area contributed by atoms with Gasteiger partial charge in [0.25, 0.3) is 11.6 Å². The Morgan fingerprint density at radius 3 is 2.79 bits per heavy atom. The largest absolute Gasteiger partial charge is 0.494 e. The van der Waals surface area contributed by atoms with Gasteiger partial charge in [0, 0.05) is 11.1 Å². The molecule has 29 heavy (non-hydrogen) atoms. The average Bonchev–Trinajstić information content (AvgIpc) is 3.07. The summed E-state index contributed by atoms with van der Waals surface area (Å²) in [6, 6.07) is 10.7. The van der Waals surface area contributed by atoms with E-state index in [1.165, 1.54) is 25.3 Å². The molecular weight excluding hydrogens is 402 g/mol. The molecular formula is C19H16ClN3O6. The van der Waals surface area contributed by atoms with Gasteiger partial charge in [0.15, 0.2) is 5.69 Å². The number of halogens is 1. The fraction of sp³-hybridized carbons (Fsp3) is 0.158. The van der Waals surface area contributed by atoms with Crippen LogP contribution >= 0.6 is 11.6 Å². The molecule has 0 spiro atoms. The zero-order chi connectivity index (χ0) is 21.0. The van der Waals surface area contributed by atoms with E-state index in [4.69, 9.17) is 25.6 Å². The summed E-state index contributed by atoms with van der Waals surface area (Å²) in [4.78, 5) is 23.0. The summed E-state index contributed by atoms with van der Waals surface area (Å²) < 4.78 is 15.9. The minimum atomic E-state index is -0.571. The summed E-state index contributed by atoms with van der Waals surface area (Å²) in [5, 5.41) is 17.8. The molecule has 1 N–H and O–H groups in total. The van der Waals surface area contributed by atoms with Crippen LogP contribution in [0.1, 0.15) is 21.8 Å². The van der Waals surface area contributed by atoms with Crippen LogP contribution in [0.5, 0.6) is 11.5 Å². The molecule has 10 heteroatoms. The smallest absolute Gasteiger partial charge is 0.278 e. The molecule has 0 bridgehead atoms. The fourth-order valence-electron chi connectivity index (χ4n) is 2.53. The van der Waals surface area contributed by atoms with Gasteiger partial charge in [-0.25, -0.2) is 0 Å². The molecule has 3 aromatic rings. The Hall–Kier alpha value is -3.59. The number of anilines is 1. The highest BCUT2D eigenvalue weighted by Crippen LogP contribution is 2.30. The molecule has 0 radical (unpaired) electrons. The van der Waals surface area contributed by atoms with E-state index in [1.807, 2.05) is 0 Å². The van der Waals surface area contributed by atoms with Gasteiger partial charge in [-0.2, -0.15) is 0 Å². The number of ether oxygens (including phenoxy) is 2. The summed E-state index contributed by atoms with van der Waals surface area (Å²) in [7, 11) is 1.35. The lowest BCUT2D eigenvalue weighted by molar-refractivity contribution is -0.384. The van der Waals surface area contributed by atoms with Crippen molar-refractivity contribution in [3.63, 3.8) is 0 Å². The molecule has 1 amide bonds. The molecule has 2 aromatic carbocycles. The fourth-order valence-corrected chi connectivity index (χ4v) is 2.71. The summed E-state index contributed by atoms with van der Waals surface area (Å²) in [5.41, 5.74) is 0.589. The quantitative estimate of drug-likeness (QED) is 0.447. The van der Waals surface area contributed by atoms with E-state index >= 15 is 0 Å². The highest BCUT2D eigenvalue weighted by molar-refractivity contribution is 6.30. The van der Waals surface area contributed by atoms with Gasteiger partial charge in [0.2, 0.25) is 0 Å². The van der Waals surface area contributed by atoms with Crippen molar-refractivity contribution in [2.45, 2.75) is 13.5 Å². The van der Waals surface area contributed by atoms with Crippen LogP contribution in [-0.2, 0) is 6.61 Å². The predicted molar refractivity (Wildman–Crippen MR) is 105 cm³/mol. The monoisotopic (exact) mass is 417 g/mol. The summed E-state index contributed by atoms with van der Waals surface area (Å²) in [5.74, 6) is 0.525. The molecule has 3 rings (SSSR count). The minimum absolute atomic E-state index is 0.0323. The number of nitro groups is 1. The Bertz CT molecular complexity index is 1070. The Balaban J connectivity index is 1.79. The first-order chi connectivity index (χ1) is 13.9. The topological polar surface area (TPSA) is 117 Å². The number of rotatable bonds is 7. The Kier molecular flexibility index (Phi) is 5.99. The number of aryl methyl sites for hydroxylation is 1. The molecule has 1 aromatic heterocycles. The van der Waals surface area contributed by atoms with Crippen LogP contribution in [-0.4, -0.2) is 23.1 Å². The third kappa shape index (κ3) is 4.64. The number of non-ortho nitro benzene ring substituents is 1. The molecule has 0 saturated carbocycles. The van der Waals surface area contributed by atoms with Gasteiger partial charge in [0.1, 0.15) is 23.9 Å². The van der Waals surface area contributed by atoms with Crippen molar-refractivity contribution in [2.75, 3.05) is 12.4 Å². The van der Waals surface area contributed by atoms with Gasteiger partial charge in [0.05, 0.1) is 29.4 Å². The lowest BCUT2D eigenvalue weighted by atomic mass is 10.2. The standard InChI is InChI=1S/C19H16ClN3O6/c1-11-15(10-28-14-5-3-4-12(20)8-14)18(22-29-11)19(24)21-16-7-6-13(23(25)26)9-17(16)27-2/h3-9H,10H2,1-2H3,(H,21,24). The molecule has 1 heterocycles. The molecule has 0 atom stereocenters. The van der Waals surface area contributed by atoms with Crippen molar-refractivity contribution in [1.29, 1.82) is 0 Å². The number of amides is 1. The summed E-state index contributed by atoms with van der Waals surface area (Å²) in [6.07, 6.45) is 0. The SMILES string of the molecule is COc1cc([N+](=O)[O-])ccc1NC(=O)c1noc(C)c1COc1cccc(Cl)c1. The first-order valence-electron chi connectivity index (χ1n) is 8.36. The van der Waals surface area contributed by atoms with Gasteiger partial charge >= 0.3 is 0 Å². The predicted octanol–water partition coefficient (Wildman–Crippen LogP) is 4.38. The number of hydrogen-bond donors (Lipinski definition) is 1. The van der Waals surface area contributed by atoms with Crippen LogP contribution in [0.15, 0.2) is 47.0 Å². The van der Waals surface area contributed by atoms with E-state index in [1.54, 1.807) is 31.2 Å². The Morgan fingerprint density at radius 1 is 1.31 bits per heavy atom. The lowest BCUT2D eigenvalue weighted by Gasteiger charge is -2.10. The summed E-state index contributed by atoms with van der Waals surface area (Å²) >= 11 is 5.94. The van der Waals surface area contributed by atoms with E-state index in [0.29, 0.717) is 22.1 Å². The van der Waals surface area contributed by atoms with Gasteiger partial charge in [-0.15, -0.1) is 0 Å². The van der Waals surface area contributed by atoms with E-state index < -0.39 is 10.8 Å². The zero-order valence-electron chi connectivity index (χ0n) is 15.5. The van der Waals surface area contributed by atoms with E-state index in [-0.39, 0.29) is 29.4 Å². The van der Waals surface area contributed by atoms with Crippen LogP contribution in [0.4, 0.5) is 11.4 Å². The van der Waals surface area contributed by atoms with Gasteiger partial charge in [-0.05, 0) is 31.2 Å². The zero-order valence-corrected chi connectivity index (χ0v) is 16.2. The molecule has 0 fully saturated rings. The van der Waals surface area contributed by atoms with Crippen molar-refractivity contribution in [3.8, 4) is 11.5 Å². The van der Waals surface area contributed by atoms with Crippen molar-refractivity contribution in [3.05, 3.63) is 74.6 Å². The number of nitrogens with one attached hydrogen (secondary N) is 1. The third-order valence-electron chi connectivity index (χ3n) is 4.02. The number of methoxy groups -OCH3 is 1. The number of nitro benzene ring substituents is 1. The molecule has 150 valence electrons. The minimum Gasteiger partial charge on any atom is -0.494 e. The van der Waals surface area contributed by atoms with Crippen molar-refractivity contribution in [1.82, 2.24) is 5.16 Å². The summed E-state index contributed by atoms with van der Waals surface area (Å²) in [6.45, 7) is 1.70. The van der Waals surface area contributed by atoms with Gasteiger partial charge in [-0.3, -0.25) is 14.9 Å². The van der Waals surface area contributed by atoms with Crippen LogP contribution in [0.2, 0.25) is 5.02 Å². The molecule has 0 unspecified atom stereocenters. The van der Waals surface area contributed by atoms with Crippen molar-refractivity contribution >= 4 is 28.9 Å². The van der Waals surface area contributed by atoms with Crippen LogP contribution in [0, 0.1) is 17.0 Å². The van der Waals surface area contributed by atoms with Crippen molar-refractivity contribution in [2.24, 2.45) is 0 Å². The van der Waals surface area contributed by atoms with E-state index in [2.05, 4.69) is 10.5 Å². The highest BCUT2D eigenvalue weighted by atomic mass is 35.5. The van der Waals surface area contributed by atoms with Gasteiger partial charge < -0.3 is 19.3 Å². The maximum atomic E-state index is 12.7. The first-order valence-corrected chi connectivity index (χ1v) is 8.74. The second-order valence-corrected chi connectivity index (χ2v) is 6.34. The third-order valence-corrected chi connectivity index (χ3v) is 4.26.